The van der Waals surface area contributed by atoms with Gasteiger partial charge in [-0.05, 0) is 56.0 Å². The second-order valence-electron chi connectivity index (χ2n) is 10.9. The van der Waals surface area contributed by atoms with Crippen molar-refractivity contribution in [3.63, 3.8) is 0 Å². The first kappa shape index (κ1) is 41.7. The summed E-state index contributed by atoms with van der Waals surface area (Å²) in [7, 11) is 0.190. The van der Waals surface area contributed by atoms with E-state index in [-0.39, 0.29) is 30.9 Å². The Morgan fingerprint density at radius 3 is 1.37 bits per heavy atom. The first-order valence-corrected chi connectivity index (χ1v) is 16.9. The molecule has 219 valence electrons. The maximum absolute atomic E-state index is 10.5. The third-order valence-electron chi connectivity index (χ3n) is 6.14. The summed E-state index contributed by atoms with van der Waals surface area (Å²) in [5.74, 6) is 5.22. The van der Waals surface area contributed by atoms with Crippen LogP contribution in [-0.4, -0.2) is 30.4 Å². The van der Waals surface area contributed by atoms with E-state index in [0.29, 0.717) is 0 Å². The van der Waals surface area contributed by atoms with Crippen LogP contribution in [0.4, 0.5) is 0 Å². The molecule has 2 nitrogen and oxygen atoms in total. The van der Waals surface area contributed by atoms with Crippen LogP contribution in [-0.2, 0) is 26.7 Å². The Labute approximate surface area is 249 Å². The van der Waals surface area contributed by atoms with E-state index in [0.717, 1.165) is 31.1 Å². The molecule has 0 amide bonds. The van der Waals surface area contributed by atoms with Gasteiger partial charge in [0.15, 0.2) is 0 Å². The van der Waals surface area contributed by atoms with E-state index in [2.05, 4.69) is 34.6 Å². The molecule has 1 radical (unpaired) electrons. The van der Waals surface area contributed by atoms with Crippen LogP contribution >= 0.6 is 7.92 Å². The number of allylic oxidation sites excluding steroid dienone is 2. The standard InChI is InChI=1S/C26H47O2P.C5H5.C3H7.Mn/c1-24(2)14-8-5-11-21-29(22-12-6-9-15-25(3)4)23-13-7-10-16-26(17-19-27)18-20-28;1-2-4-5-3-1;1-3-2;/h17-18,24-26H,5-16,21-23H2,1-4H3;1-5H;1,3H2,2H3;/q;2*-1;+2. The molecule has 0 saturated heterocycles. The van der Waals surface area contributed by atoms with Crippen LogP contribution in [0.2, 0.25) is 0 Å². The fourth-order valence-electron chi connectivity index (χ4n) is 4.07. The molecule has 0 atom stereocenters. The summed E-state index contributed by atoms with van der Waals surface area (Å²) in [5.41, 5.74) is 0. The molecule has 0 fully saturated rings. The van der Waals surface area contributed by atoms with Crippen molar-refractivity contribution >= 4 is 19.8 Å². The maximum Gasteiger partial charge on any atom is 2.00 e. The molecule has 0 N–H and O–H groups in total. The third-order valence-corrected chi connectivity index (χ3v) is 8.99. The van der Waals surface area contributed by atoms with Crippen molar-refractivity contribution in [3.8, 4) is 0 Å². The van der Waals surface area contributed by atoms with Gasteiger partial charge in [0.1, 0.15) is 11.9 Å². The molecular formula is C34H59MnO2P. The Kier molecular flexibility index (Phi) is 37.5. The van der Waals surface area contributed by atoms with Gasteiger partial charge in [-0.3, -0.25) is 0 Å². The number of hydrogen-bond acceptors (Lipinski definition) is 2. The molecular weight excluding hydrogens is 526 g/mol. The van der Waals surface area contributed by atoms with Crippen LogP contribution in [0.1, 0.15) is 118 Å². The van der Waals surface area contributed by atoms with Gasteiger partial charge in [0.2, 0.25) is 0 Å². The quantitative estimate of drug-likeness (QED) is 0.0502. The second-order valence-corrected chi connectivity index (χ2v) is 13.6. The zero-order valence-electron chi connectivity index (χ0n) is 25.4. The molecule has 4 heteroatoms. The van der Waals surface area contributed by atoms with Crippen LogP contribution in [0.25, 0.3) is 0 Å². The minimum Gasteiger partial charge on any atom is -0.344 e. The van der Waals surface area contributed by atoms with Crippen molar-refractivity contribution in [2.45, 2.75) is 118 Å². The van der Waals surface area contributed by atoms with Crippen molar-refractivity contribution in [1.29, 1.82) is 0 Å². The van der Waals surface area contributed by atoms with Crippen LogP contribution in [0.15, 0.2) is 42.5 Å². The summed E-state index contributed by atoms with van der Waals surface area (Å²) in [4.78, 5) is 21.0. The van der Waals surface area contributed by atoms with Crippen molar-refractivity contribution in [2.75, 3.05) is 18.5 Å². The Morgan fingerprint density at radius 2 is 1.08 bits per heavy atom. The van der Waals surface area contributed by atoms with Crippen molar-refractivity contribution in [3.05, 3.63) is 49.4 Å². The largest absolute Gasteiger partial charge is 2.00 e. The van der Waals surface area contributed by atoms with E-state index in [4.69, 9.17) is 0 Å². The van der Waals surface area contributed by atoms with E-state index in [1.54, 1.807) is 0 Å². The summed E-state index contributed by atoms with van der Waals surface area (Å²) >= 11 is 0. The Hall–Kier alpha value is -0.801. The second kappa shape index (κ2) is 34.2. The first-order chi connectivity index (χ1) is 17.9. The molecule has 38 heavy (non-hydrogen) atoms. The Morgan fingerprint density at radius 1 is 0.711 bits per heavy atom. The van der Waals surface area contributed by atoms with E-state index < -0.39 is 0 Å². The fraction of sp³-hybridized carbons (Fsp3) is 0.706. The smallest absolute Gasteiger partial charge is 0.344 e. The van der Waals surface area contributed by atoms with Gasteiger partial charge in [0.05, 0.1) is 0 Å². The van der Waals surface area contributed by atoms with E-state index in [9.17, 15) is 9.59 Å². The molecule has 0 aliphatic carbocycles. The van der Waals surface area contributed by atoms with Gasteiger partial charge in [0.25, 0.3) is 0 Å². The summed E-state index contributed by atoms with van der Waals surface area (Å²) in [5, 5.41) is 0. The topological polar surface area (TPSA) is 34.1 Å². The van der Waals surface area contributed by atoms with E-state index in [1.807, 2.05) is 49.1 Å². The average Bonchev–Trinajstić information content (AvgIpc) is 3.43. The average molecular weight is 586 g/mol. The summed E-state index contributed by atoms with van der Waals surface area (Å²) < 4.78 is 0. The van der Waals surface area contributed by atoms with E-state index >= 15 is 0 Å². The fourth-order valence-corrected chi connectivity index (χ4v) is 6.75. The zero-order chi connectivity index (χ0) is 28.0. The minimum atomic E-state index is -0.0755. The van der Waals surface area contributed by atoms with Crippen molar-refractivity contribution < 1.29 is 26.7 Å². The van der Waals surface area contributed by atoms with Crippen LogP contribution < -0.4 is 0 Å². The van der Waals surface area contributed by atoms with Crippen LogP contribution in [0.3, 0.4) is 0 Å². The predicted octanol–water partition coefficient (Wildman–Crippen LogP) is 10.5. The van der Waals surface area contributed by atoms with Crippen LogP contribution in [0.5, 0.6) is 0 Å². The number of unbranched alkanes of at least 4 members (excludes halogenated alkanes) is 6. The molecule has 0 bridgehead atoms. The molecule has 1 rings (SSSR count). The molecule has 0 aliphatic heterocycles. The maximum atomic E-state index is 10.5. The molecule has 0 saturated carbocycles. The number of hydrogen-bond donors (Lipinski definition) is 0. The zero-order valence-corrected chi connectivity index (χ0v) is 27.5. The molecule has 0 spiro atoms. The Bertz CT molecular complexity index is 590. The molecule has 0 aromatic heterocycles. The van der Waals surface area contributed by atoms with Gasteiger partial charge in [0, 0.05) is 18.1 Å². The predicted molar refractivity (Wildman–Crippen MR) is 168 cm³/mol. The number of carbonyl (C=O) groups excluding carboxylic acids is 2. The van der Waals surface area contributed by atoms with Crippen LogP contribution in [0, 0.1) is 24.7 Å². The van der Waals surface area contributed by atoms with Gasteiger partial charge >= 0.3 is 17.1 Å². The summed E-state index contributed by atoms with van der Waals surface area (Å²) in [6.07, 6.45) is 23.9. The van der Waals surface area contributed by atoms with Gasteiger partial charge < -0.3 is 6.92 Å². The summed E-state index contributed by atoms with van der Waals surface area (Å²) in [6, 6.07) is 10.0. The first-order valence-electron chi connectivity index (χ1n) is 15.0. The monoisotopic (exact) mass is 585 g/mol. The number of rotatable bonds is 20. The molecule has 0 heterocycles. The van der Waals surface area contributed by atoms with Gasteiger partial charge in [-0.15, -0.1) is 7.92 Å². The molecule has 1 aromatic rings. The minimum absolute atomic E-state index is 0. The van der Waals surface area contributed by atoms with Gasteiger partial charge in [-0.2, -0.15) is 24.6 Å². The van der Waals surface area contributed by atoms with Gasteiger partial charge in [-0.1, -0.05) is 86.0 Å². The van der Waals surface area contributed by atoms with Crippen molar-refractivity contribution in [1.82, 2.24) is 0 Å². The van der Waals surface area contributed by atoms with Crippen molar-refractivity contribution in [2.24, 2.45) is 17.8 Å². The molecule has 0 unspecified atom stereocenters. The van der Waals surface area contributed by atoms with E-state index in [1.165, 1.54) is 94.8 Å². The molecule has 0 aliphatic rings. The summed E-state index contributed by atoms with van der Waals surface area (Å²) in [6.45, 7) is 14.8. The normalized spacial score (nSPS) is 10.9. The third kappa shape index (κ3) is 35.2. The van der Waals surface area contributed by atoms with Gasteiger partial charge in [-0.25, -0.2) is 21.7 Å². The molecule has 1 aromatic carbocycles. The Balaban J connectivity index is -0.00000116. The SMILES string of the molecule is CC(C)CCCCCP(CCCCCC(C)C)CCCCCC(C=C=O)C=C=O.[CH2-]CC.[Mn+2].c1cc[cH-]c1.